The molecule has 0 aliphatic heterocycles. The maximum atomic E-state index is 9.04. The highest BCUT2D eigenvalue weighted by Gasteiger charge is 2.48. The molecule has 0 aromatic heterocycles. The minimum absolute atomic E-state index is 0.192. The number of aryl methyl sites for hydroxylation is 2. The molecule has 0 radical (unpaired) electrons. The first kappa shape index (κ1) is 27.2. The van der Waals surface area contributed by atoms with Crippen molar-refractivity contribution in [2.24, 2.45) is 0 Å². The Morgan fingerprint density at radius 3 is 1.71 bits per heavy atom. The lowest BCUT2D eigenvalue weighted by atomic mass is 9.67. The van der Waals surface area contributed by atoms with E-state index in [0.29, 0.717) is 5.69 Å². The molecular formula is C54H43N. The van der Waals surface area contributed by atoms with Crippen LogP contribution in [0.2, 0.25) is 0 Å². The van der Waals surface area contributed by atoms with E-state index in [-0.39, 0.29) is 16.5 Å². The fraction of sp³-hybridized carbons (Fsp3) is 0.111. The molecule has 8 aromatic carbocycles. The minimum Gasteiger partial charge on any atom is -0.309 e. The van der Waals surface area contributed by atoms with Gasteiger partial charge in [0.2, 0.25) is 0 Å². The fourth-order valence-corrected chi connectivity index (χ4v) is 9.53. The molecule has 0 spiro atoms. The second-order valence-electron chi connectivity index (χ2n) is 15.3. The van der Waals surface area contributed by atoms with Gasteiger partial charge in [-0.2, -0.15) is 0 Å². The molecule has 10 rings (SSSR count). The molecule has 1 nitrogen and oxygen atoms in total. The molecule has 0 saturated carbocycles. The van der Waals surface area contributed by atoms with Gasteiger partial charge in [0.1, 0.15) is 0 Å². The Morgan fingerprint density at radius 2 is 1.00 bits per heavy atom. The van der Waals surface area contributed by atoms with E-state index in [2.05, 4.69) is 110 Å². The molecule has 55 heavy (non-hydrogen) atoms. The highest BCUT2D eigenvalue weighted by molar-refractivity contribution is 6.00. The van der Waals surface area contributed by atoms with Gasteiger partial charge < -0.3 is 4.90 Å². The van der Waals surface area contributed by atoms with Crippen LogP contribution in [0.25, 0.3) is 33.4 Å². The predicted octanol–water partition coefficient (Wildman–Crippen LogP) is 14.1. The number of benzene rings is 8. The molecule has 1 heteroatoms. The maximum Gasteiger partial charge on any atom is 0.0714 e. The third-order valence-electron chi connectivity index (χ3n) is 11.9. The zero-order valence-corrected chi connectivity index (χ0v) is 30.8. The lowest BCUT2D eigenvalue weighted by molar-refractivity contribution is 0.660. The maximum absolute atomic E-state index is 9.04. The number of fused-ring (bicyclic) bond motifs is 6. The largest absolute Gasteiger partial charge is 0.309 e. The van der Waals surface area contributed by atoms with Gasteiger partial charge in [0.25, 0.3) is 0 Å². The molecule has 0 N–H and O–H groups in total. The molecule has 0 atom stereocenters. The molecule has 0 fully saturated rings. The Balaban J connectivity index is 1.37. The summed E-state index contributed by atoms with van der Waals surface area (Å²) in [6, 6.07) is 63.2. The lowest BCUT2D eigenvalue weighted by Crippen LogP contribution is -2.29. The Morgan fingerprint density at radius 1 is 0.418 bits per heavy atom. The first-order valence-electron chi connectivity index (χ1n) is 21.9. The summed E-state index contributed by atoms with van der Waals surface area (Å²) in [5, 5.41) is 0. The molecule has 0 bridgehead atoms. The normalized spacial score (nSPS) is 16.2. The number of hydrogen-bond donors (Lipinski definition) is 0. The van der Waals surface area contributed by atoms with Gasteiger partial charge in [0.05, 0.1) is 16.8 Å². The first-order valence-corrected chi connectivity index (χ1v) is 18.9. The van der Waals surface area contributed by atoms with Crippen LogP contribution in [0.5, 0.6) is 0 Å². The van der Waals surface area contributed by atoms with Crippen LogP contribution in [0, 0.1) is 13.7 Å². The number of hydrogen-bond acceptors (Lipinski definition) is 1. The van der Waals surface area contributed by atoms with Crippen LogP contribution in [-0.2, 0) is 10.8 Å². The van der Waals surface area contributed by atoms with Gasteiger partial charge in [-0.3, -0.25) is 0 Å². The van der Waals surface area contributed by atoms with Gasteiger partial charge >= 0.3 is 0 Å². The summed E-state index contributed by atoms with van der Waals surface area (Å²) < 4.78 is 52.9. The Bertz CT molecular complexity index is 2930. The highest BCUT2D eigenvalue weighted by Crippen LogP contribution is 2.61. The van der Waals surface area contributed by atoms with Crippen LogP contribution in [0.1, 0.15) is 66.6 Å². The predicted molar refractivity (Wildman–Crippen MR) is 231 cm³/mol. The topological polar surface area (TPSA) is 3.24 Å². The van der Waals surface area contributed by atoms with Crippen LogP contribution in [-0.4, -0.2) is 0 Å². The van der Waals surface area contributed by atoms with Crippen molar-refractivity contribution in [2.45, 2.75) is 38.4 Å². The van der Waals surface area contributed by atoms with E-state index in [4.69, 9.17) is 8.22 Å². The Hall–Kier alpha value is -6.44. The van der Waals surface area contributed by atoms with Gasteiger partial charge in [-0.05, 0) is 99.2 Å². The summed E-state index contributed by atoms with van der Waals surface area (Å²) in [6.07, 6.45) is 0. The smallest absolute Gasteiger partial charge is 0.0714 e. The second-order valence-corrected chi connectivity index (χ2v) is 15.3. The van der Waals surface area contributed by atoms with Crippen molar-refractivity contribution in [1.29, 1.82) is 0 Å². The Kier molecular flexibility index (Phi) is 6.21. The van der Waals surface area contributed by atoms with Crippen molar-refractivity contribution in [3.63, 3.8) is 0 Å². The number of nitrogens with zero attached hydrogens (tertiary/aromatic N) is 1. The van der Waals surface area contributed by atoms with Crippen molar-refractivity contribution in [3.8, 4) is 33.4 Å². The van der Waals surface area contributed by atoms with Gasteiger partial charge in [-0.25, -0.2) is 0 Å². The molecule has 0 unspecified atom stereocenters. The van der Waals surface area contributed by atoms with Crippen LogP contribution in [0.15, 0.2) is 188 Å². The molecule has 2 aliphatic carbocycles. The van der Waals surface area contributed by atoms with Gasteiger partial charge in [-0.15, -0.1) is 0 Å². The van der Waals surface area contributed by atoms with E-state index in [9.17, 15) is 0 Å². The van der Waals surface area contributed by atoms with E-state index >= 15 is 0 Å². The molecule has 264 valence electrons. The van der Waals surface area contributed by atoms with Crippen LogP contribution < -0.4 is 4.90 Å². The van der Waals surface area contributed by atoms with E-state index in [1.165, 1.54) is 22.3 Å². The van der Waals surface area contributed by atoms with Crippen LogP contribution >= 0.6 is 0 Å². The SMILES string of the molecule is [2H]C([2H])([2H])c1ccc2c(c1)C(c1ccccc1)(c1ccccc1)c1cc(C([2H])([2H])[2H])cc(N(c3ccc4c(c3)C(C)(C)c3ccccc3-4)c3ccccc3-c3ccccc3)c1-2. The third-order valence-corrected chi connectivity index (χ3v) is 11.9. The Labute approximate surface area is 333 Å². The van der Waals surface area contributed by atoms with Crippen molar-refractivity contribution in [3.05, 3.63) is 233 Å². The lowest BCUT2D eigenvalue weighted by Gasteiger charge is -2.35. The quantitative estimate of drug-likeness (QED) is 0.166. The van der Waals surface area contributed by atoms with E-state index < -0.39 is 19.1 Å². The fourth-order valence-electron chi connectivity index (χ4n) is 9.53. The van der Waals surface area contributed by atoms with Crippen molar-refractivity contribution in [1.82, 2.24) is 0 Å². The van der Waals surface area contributed by atoms with Gasteiger partial charge in [0.15, 0.2) is 0 Å². The van der Waals surface area contributed by atoms with Crippen LogP contribution in [0.4, 0.5) is 17.1 Å². The molecule has 2 aliphatic rings. The number of rotatable bonds is 6. The summed E-state index contributed by atoms with van der Waals surface area (Å²) in [4.78, 5) is 2.24. The second kappa shape index (κ2) is 12.6. The summed E-state index contributed by atoms with van der Waals surface area (Å²) in [5.41, 5.74) is 13.4. The van der Waals surface area contributed by atoms with E-state index in [1.54, 1.807) is 6.07 Å². The zero-order valence-electron chi connectivity index (χ0n) is 36.8. The average molecular weight is 712 g/mol. The van der Waals surface area contributed by atoms with E-state index in [0.717, 1.165) is 55.9 Å². The van der Waals surface area contributed by atoms with Gasteiger partial charge in [-0.1, -0.05) is 183 Å². The highest BCUT2D eigenvalue weighted by atomic mass is 15.1. The number of anilines is 3. The molecule has 0 heterocycles. The zero-order chi connectivity index (χ0) is 42.3. The van der Waals surface area contributed by atoms with Crippen molar-refractivity contribution in [2.75, 3.05) is 4.90 Å². The summed E-state index contributed by atoms with van der Waals surface area (Å²) >= 11 is 0. The summed E-state index contributed by atoms with van der Waals surface area (Å²) in [7, 11) is 0. The van der Waals surface area contributed by atoms with Crippen LogP contribution in [0.3, 0.4) is 0 Å². The monoisotopic (exact) mass is 711 g/mol. The average Bonchev–Trinajstić information content (AvgIpc) is 3.69. The van der Waals surface area contributed by atoms with Crippen molar-refractivity contribution < 1.29 is 8.22 Å². The number of para-hydroxylation sites is 1. The summed E-state index contributed by atoms with van der Waals surface area (Å²) in [5.74, 6) is 0. The minimum atomic E-state index is -2.49. The van der Waals surface area contributed by atoms with E-state index in [1.807, 2.05) is 91.0 Å². The summed E-state index contributed by atoms with van der Waals surface area (Å²) in [6.45, 7) is -0.342. The molecular weight excluding hydrogens is 663 g/mol. The molecule has 8 aromatic rings. The van der Waals surface area contributed by atoms with Crippen molar-refractivity contribution >= 4 is 17.1 Å². The van der Waals surface area contributed by atoms with Gasteiger partial charge in [0, 0.05) is 30.5 Å². The third kappa shape index (κ3) is 4.93. The molecule has 0 saturated heterocycles. The first-order chi connectivity index (χ1) is 29.3. The standard InChI is InChI=1S/C54H43N/c1-36-28-30-45-48(32-36)54(39-20-10-6-11-21-39,40-22-12-7-13-23-40)49-33-37(2)34-51(52(45)49)55(50-27-17-15-24-42(50)38-18-8-5-9-19-38)41-29-31-44-43-25-14-16-26-46(43)53(3,4)47(44)35-41/h5-35H,1-4H3/i1D3,2D3. The molecule has 0 amide bonds.